The zero-order valence-corrected chi connectivity index (χ0v) is 8.84. The van der Waals surface area contributed by atoms with E-state index in [0.29, 0.717) is 11.0 Å². The van der Waals surface area contributed by atoms with Crippen LogP contribution < -0.4 is 40.8 Å². The topological polar surface area (TPSA) is 126 Å². The molecule has 64 valence electrons. The van der Waals surface area contributed by atoms with Crippen molar-refractivity contribution in [3.05, 3.63) is 27.0 Å². The van der Waals surface area contributed by atoms with E-state index in [1.54, 1.807) is 0 Å². The van der Waals surface area contributed by atoms with Gasteiger partial charge < -0.3 is 5.48 Å². The molecule has 0 saturated heterocycles. The van der Waals surface area contributed by atoms with Crippen molar-refractivity contribution < 1.29 is 35.0 Å². The third kappa shape index (κ3) is 2.07. The molecule has 0 fully saturated rings. The molecule has 0 saturated carbocycles. The number of H-pyrrole nitrogens is 3. The Morgan fingerprint density at radius 2 is 1.92 bits per heavy atom. The maximum Gasteiger partial charge on any atom is 1.00 e. The van der Waals surface area contributed by atoms with Gasteiger partial charge in [-0.2, -0.15) is 5.10 Å². The SMILES string of the molecule is O.O=c1[nH]c(=O)c2cn[nH]c2[nH]1.[Na+]. The van der Waals surface area contributed by atoms with Gasteiger partial charge in [-0.25, -0.2) is 4.79 Å². The summed E-state index contributed by atoms with van der Waals surface area (Å²) in [5.74, 6) is 0. The average molecular weight is 193 g/mol. The molecule has 13 heavy (non-hydrogen) atoms. The smallest absolute Gasteiger partial charge is 0.412 e. The number of nitrogens with one attached hydrogen (secondary N) is 3. The predicted molar refractivity (Wildman–Crippen MR) is 40.9 cm³/mol. The Morgan fingerprint density at radius 3 is 2.62 bits per heavy atom. The summed E-state index contributed by atoms with van der Waals surface area (Å²) in [7, 11) is 0. The Labute approximate surface area is 93.2 Å². The van der Waals surface area contributed by atoms with E-state index in [9.17, 15) is 9.59 Å². The van der Waals surface area contributed by atoms with Crippen LogP contribution in [0.5, 0.6) is 0 Å². The summed E-state index contributed by atoms with van der Waals surface area (Å²) >= 11 is 0. The van der Waals surface area contributed by atoms with E-state index in [0.717, 1.165) is 0 Å². The first-order chi connectivity index (χ1) is 5.27. The first kappa shape index (κ1) is 12.1. The third-order valence-corrected chi connectivity index (χ3v) is 1.35. The van der Waals surface area contributed by atoms with Crippen LogP contribution in [-0.2, 0) is 0 Å². The molecule has 0 amide bonds. The fourth-order valence-corrected chi connectivity index (χ4v) is 0.869. The molecule has 2 rings (SSSR count). The molecule has 5 N–H and O–H groups in total. The Bertz CT molecular complexity index is 498. The minimum atomic E-state index is -0.535. The summed E-state index contributed by atoms with van der Waals surface area (Å²) in [6, 6.07) is 0. The minimum absolute atomic E-state index is 0. The maximum absolute atomic E-state index is 10.9. The number of rotatable bonds is 0. The number of nitrogens with zero attached hydrogens (tertiary/aromatic N) is 1. The van der Waals surface area contributed by atoms with Gasteiger partial charge in [0.05, 0.1) is 6.20 Å². The van der Waals surface area contributed by atoms with Crippen LogP contribution in [0.3, 0.4) is 0 Å². The van der Waals surface area contributed by atoms with Gasteiger partial charge in [-0.1, -0.05) is 0 Å². The van der Waals surface area contributed by atoms with Crippen molar-refractivity contribution in [1.29, 1.82) is 0 Å². The molecule has 0 radical (unpaired) electrons. The number of aromatic amines is 3. The van der Waals surface area contributed by atoms with Crippen LogP contribution in [-0.4, -0.2) is 25.6 Å². The van der Waals surface area contributed by atoms with E-state index in [1.807, 2.05) is 0 Å². The Kier molecular flexibility index (Phi) is 4.08. The number of hydrogen-bond donors (Lipinski definition) is 3. The fraction of sp³-hybridized carbons (Fsp3) is 0. The molecule has 2 heterocycles. The second kappa shape index (κ2) is 4.38. The van der Waals surface area contributed by atoms with E-state index in [-0.39, 0.29) is 35.0 Å². The van der Waals surface area contributed by atoms with Crippen LogP contribution in [0.4, 0.5) is 0 Å². The van der Waals surface area contributed by atoms with Gasteiger partial charge in [-0.05, 0) is 0 Å². The van der Waals surface area contributed by atoms with Crippen LogP contribution in [0.1, 0.15) is 0 Å². The molecule has 8 heteroatoms. The van der Waals surface area contributed by atoms with Crippen molar-refractivity contribution in [3.8, 4) is 0 Å². The van der Waals surface area contributed by atoms with Gasteiger partial charge in [0.1, 0.15) is 11.0 Å². The molecular weight excluding hydrogens is 187 g/mol. The zero-order valence-electron chi connectivity index (χ0n) is 6.84. The van der Waals surface area contributed by atoms with Gasteiger partial charge in [0, 0.05) is 0 Å². The second-order valence-corrected chi connectivity index (χ2v) is 2.07. The van der Waals surface area contributed by atoms with Crippen molar-refractivity contribution in [2.45, 2.75) is 0 Å². The Morgan fingerprint density at radius 1 is 1.23 bits per heavy atom. The fourth-order valence-electron chi connectivity index (χ4n) is 0.869. The average Bonchev–Trinajstić information content (AvgIpc) is 2.34. The van der Waals surface area contributed by atoms with Crippen LogP contribution in [0.15, 0.2) is 15.8 Å². The monoisotopic (exact) mass is 193 g/mol. The molecule has 0 bridgehead atoms. The van der Waals surface area contributed by atoms with Crippen molar-refractivity contribution in [2.24, 2.45) is 0 Å². The summed E-state index contributed by atoms with van der Waals surface area (Å²) in [6.07, 6.45) is 1.35. The minimum Gasteiger partial charge on any atom is -0.412 e. The van der Waals surface area contributed by atoms with Crippen molar-refractivity contribution in [3.63, 3.8) is 0 Å². The third-order valence-electron chi connectivity index (χ3n) is 1.35. The Hall–Kier alpha value is -0.890. The summed E-state index contributed by atoms with van der Waals surface area (Å²) < 4.78 is 0. The Balaban J connectivity index is 0.000000720. The van der Waals surface area contributed by atoms with Crippen LogP contribution in [0.2, 0.25) is 0 Å². The number of fused-ring (bicyclic) bond motifs is 1. The van der Waals surface area contributed by atoms with E-state index < -0.39 is 11.2 Å². The van der Waals surface area contributed by atoms with Gasteiger partial charge >= 0.3 is 35.2 Å². The quantitative estimate of drug-likeness (QED) is 0.363. The molecule has 0 aromatic carbocycles. The van der Waals surface area contributed by atoms with Crippen LogP contribution in [0.25, 0.3) is 11.0 Å². The van der Waals surface area contributed by atoms with Crippen molar-refractivity contribution in [2.75, 3.05) is 0 Å². The standard InChI is InChI=1S/C5H4N4O2.Na.H2O/c10-4-2-1-6-9-3(2)7-5(11)8-4;;/h1H,(H3,6,7,8,9,10,11);;1H2/q;+1;. The molecule has 0 aliphatic rings. The summed E-state index contributed by atoms with van der Waals surface area (Å²) in [6.45, 7) is 0. The molecule has 0 aliphatic heterocycles. The van der Waals surface area contributed by atoms with Crippen molar-refractivity contribution >= 4 is 11.0 Å². The molecule has 2 aromatic rings. The molecule has 0 unspecified atom stereocenters. The molecular formula is C5H6N4NaO3+. The predicted octanol–water partition coefficient (Wildman–Crippen LogP) is -4.88. The van der Waals surface area contributed by atoms with Gasteiger partial charge in [-0.3, -0.25) is 19.9 Å². The van der Waals surface area contributed by atoms with Gasteiger partial charge in [0.25, 0.3) is 5.56 Å². The molecule has 2 aromatic heterocycles. The summed E-state index contributed by atoms with van der Waals surface area (Å²) in [4.78, 5) is 26.0. The van der Waals surface area contributed by atoms with E-state index in [4.69, 9.17) is 0 Å². The first-order valence-corrected chi connectivity index (χ1v) is 2.93. The number of hydrogen-bond acceptors (Lipinski definition) is 3. The van der Waals surface area contributed by atoms with Crippen molar-refractivity contribution in [1.82, 2.24) is 20.2 Å². The van der Waals surface area contributed by atoms with Gasteiger partial charge in [0.2, 0.25) is 0 Å². The summed E-state index contributed by atoms with van der Waals surface area (Å²) in [5, 5.41) is 6.42. The summed E-state index contributed by atoms with van der Waals surface area (Å²) in [5.41, 5.74) is -0.622. The van der Waals surface area contributed by atoms with Gasteiger partial charge in [-0.15, -0.1) is 0 Å². The first-order valence-electron chi connectivity index (χ1n) is 2.93. The molecule has 7 nitrogen and oxygen atoms in total. The van der Waals surface area contributed by atoms with Crippen LogP contribution >= 0.6 is 0 Å². The number of aromatic nitrogens is 4. The largest absolute Gasteiger partial charge is 1.00 e. The maximum atomic E-state index is 10.9. The van der Waals surface area contributed by atoms with E-state index in [2.05, 4.69) is 20.2 Å². The molecule has 0 spiro atoms. The van der Waals surface area contributed by atoms with Crippen LogP contribution in [0, 0.1) is 0 Å². The van der Waals surface area contributed by atoms with Gasteiger partial charge in [0.15, 0.2) is 0 Å². The normalized spacial score (nSPS) is 8.92. The molecule has 0 atom stereocenters. The van der Waals surface area contributed by atoms with E-state index in [1.165, 1.54) is 6.20 Å². The zero-order chi connectivity index (χ0) is 7.84. The second-order valence-electron chi connectivity index (χ2n) is 2.07. The molecule has 0 aliphatic carbocycles. The van der Waals surface area contributed by atoms with E-state index >= 15 is 0 Å².